The topological polar surface area (TPSA) is 95.6 Å². The first-order valence-corrected chi connectivity index (χ1v) is 5.72. The van der Waals surface area contributed by atoms with Gasteiger partial charge in [0.25, 0.3) is 5.91 Å². The molecule has 0 radical (unpaired) electrons. The fourth-order valence-corrected chi connectivity index (χ4v) is 1.61. The second-order valence-electron chi connectivity index (χ2n) is 4.21. The van der Waals surface area contributed by atoms with Crippen molar-refractivity contribution in [2.24, 2.45) is 0 Å². The van der Waals surface area contributed by atoms with Crippen LogP contribution in [0.15, 0.2) is 28.8 Å². The zero-order valence-corrected chi connectivity index (χ0v) is 10.5. The summed E-state index contributed by atoms with van der Waals surface area (Å²) in [6.07, 6.45) is 1.56. The van der Waals surface area contributed by atoms with Gasteiger partial charge in [0.15, 0.2) is 0 Å². The van der Waals surface area contributed by atoms with E-state index in [4.69, 9.17) is 4.42 Å². The predicted molar refractivity (Wildman–Crippen MR) is 66.9 cm³/mol. The number of aromatic hydroxyl groups is 2. The largest absolute Gasteiger partial charge is 0.508 e. The van der Waals surface area contributed by atoms with Gasteiger partial charge >= 0.3 is 0 Å². The van der Waals surface area contributed by atoms with Gasteiger partial charge in [-0.3, -0.25) is 4.79 Å². The summed E-state index contributed by atoms with van der Waals surface area (Å²) in [6, 6.07) is 3.30. The Bertz CT molecular complexity index is 606. The molecule has 0 bridgehead atoms. The molecule has 1 heterocycles. The van der Waals surface area contributed by atoms with Crippen molar-refractivity contribution in [2.45, 2.75) is 19.9 Å². The van der Waals surface area contributed by atoms with Crippen molar-refractivity contribution in [3.63, 3.8) is 0 Å². The zero-order valence-electron chi connectivity index (χ0n) is 10.5. The van der Waals surface area contributed by atoms with Gasteiger partial charge in [-0.1, -0.05) is 0 Å². The number of hydrogen-bond donors (Lipinski definition) is 3. The number of carbonyl (C=O) groups excluding carboxylic acids is 1. The summed E-state index contributed by atoms with van der Waals surface area (Å²) in [5, 5.41) is 21.5. The molecule has 100 valence electrons. The summed E-state index contributed by atoms with van der Waals surface area (Å²) < 4.78 is 5.30. The summed E-state index contributed by atoms with van der Waals surface area (Å²) in [5.74, 6) is 0.215. The van der Waals surface area contributed by atoms with Gasteiger partial charge < -0.3 is 19.9 Å². The second-order valence-corrected chi connectivity index (χ2v) is 4.21. The fraction of sp³-hybridized carbons (Fsp3) is 0.231. The molecule has 1 unspecified atom stereocenters. The minimum atomic E-state index is -0.517. The standard InChI is InChI=1S/C13H14N2O4/c1-7-6-14-13(19-7)8(2)15-12(18)10-5-9(16)3-4-11(10)17/h3-6,8,16-17H,1-2H3,(H,15,18). The highest BCUT2D eigenvalue weighted by atomic mass is 16.4. The lowest BCUT2D eigenvalue weighted by Crippen LogP contribution is -2.26. The van der Waals surface area contributed by atoms with Crippen molar-refractivity contribution in [1.82, 2.24) is 10.3 Å². The Morgan fingerprint density at radius 2 is 2.16 bits per heavy atom. The van der Waals surface area contributed by atoms with Gasteiger partial charge in [-0.25, -0.2) is 4.98 Å². The highest BCUT2D eigenvalue weighted by Crippen LogP contribution is 2.23. The lowest BCUT2D eigenvalue weighted by molar-refractivity contribution is 0.0930. The third-order valence-electron chi connectivity index (χ3n) is 2.58. The lowest BCUT2D eigenvalue weighted by Gasteiger charge is -2.11. The molecule has 0 fully saturated rings. The van der Waals surface area contributed by atoms with Crippen LogP contribution in [-0.4, -0.2) is 21.1 Å². The third-order valence-corrected chi connectivity index (χ3v) is 2.58. The minimum Gasteiger partial charge on any atom is -0.508 e. The quantitative estimate of drug-likeness (QED) is 0.734. The molecule has 6 nitrogen and oxygen atoms in total. The maximum absolute atomic E-state index is 12.0. The Labute approximate surface area is 109 Å². The number of amides is 1. The van der Waals surface area contributed by atoms with Crippen molar-refractivity contribution < 1.29 is 19.4 Å². The number of phenolic OH excluding ortho intramolecular Hbond substituents is 2. The van der Waals surface area contributed by atoms with E-state index < -0.39 is 11.9 Å². The number of nitrogens with zero attached hydrogens (tertiary/aromatic N) is 1. The van der Waals surface area contributed by atoms with E-state index in [-0.39, 0.29) is 17.1 Å². The van der Waals surface area contributed by atoms with E-state index in [0.717, 1.165) is 0 Å². The average molecular weight is 262 g/mol. The lowest BCUT2D eigenvalue weighted by atomic mass is 10.1. The molecule has 1 atom stereocenters. The van der Waals surface area contributed by atoms with Gasteiger partial charge in [0.1, 0.15) is 23.3 Å². The zero-order chi connectivity index (χ0) is 14.0. The number of oxazole rings is 1. The number of benzene rings is 1. The van der Waals surface area contributed by atoms with Crippen LogP contribution < -0.4 is 5.32 Å². The molecule has 2 rings (SSSR count). The molecule has 0 aliphatic carbocycles. The first-order chi connectivity index (χ1) is 8.97. The molecule has 0 spiro atoms. The van der Waals surface area contributed by atoms with Crippen LogP contribution in [0.3, 0.4) is 0 Å². The highest BCUT2D eigenvalue weighted by molar-refractivity contribution is 5.97. The van der Waals surface area contributed by atoms with E-state index in [1.165, 1.54) is 18.2 Å². The molecule has 0 saturated carbocycles. The highest BCUT2D eigenvalue weighted by Gasteiger charge is 2.18. The van der Waals surface area contributed by atoms with Crippen molar-refractivity contribution in [3.8, 4) is 11.5 Å². The summed E-state index contributed by atoms with van der Waals surface area (Å²) >= 11 is 0. The van der Waals surface area contributed by atoms with E-state index in [1.54, 1.807) is 20.0 Å². The molecule has 1 aromatic heterocycles. The van der Waals surface area contributed by atoms with Gasteiger partial charge in [-0.15, -0.1) is 0 Å². The van der Waals surface area contributed by atoms with Gasteiger partial charge in [0.2, 0.25) is 5.89 Å². The van der Waals surface area contributed by atoms with Crippen LogP contribution in [0.2, 0.25) is 0 Å². The van der Waals surface area contributed by atoms with E-state index >= 15 is 0 Å². The first kappa shape index (κ1) is 12.9. The van der Waals surface area contributed by atoms with Crippen LogP contribution in [0, 0.1) is 6.92 Å². The van der Waals surface area contributed by atoms with Gasteiger partial charge in [0.05, 0.1) is 11.8 Å². The van der Waals surface area contributed by atoms with Crippen LogP contribution in [0.4, 0.5) is 0 Å². The first-order valence-electron chi connectivity index (χ1n) is 5.72. The van der Waals surface area contributed by atoms with Crippen LogP contribution in [0.1, 0.15) is 35.0 Å². The minimum absolute atomic E-state index is 0.00451. The molecule has 19 heavy (non-hydrogen) atoms. The van der Waals surface area contributed by atoms with Gasteiger partial charge in [-0.05, 0) is 32.0 Å². The monoisotopic (exact) mass is 262 g/mol. The molecule has 1 amide bonds. The Morgan fingerprint density at radius 1 is 1.42 bits per heavy atom. The van der Waals surface area contributed by atoms with Crippen LogP contribution in [0.5, 0.6) is 11.5 Å². The number of phenols is 2. The summed E-state index contributed by atoms with van der Waals surface area (Å²) in [6.45, 7) is 3.47. The molecule has 0 aliphatic rings. The maximum Gasteiger partial charge on any atom is 0.255 e. The average Bonchev–Trinajstić information content (AvgIpc) is 2.79. The Kier molecular flexibility index (Phi) is 3.41. The van der Waals surface area contributed by atoms with Crippen LogP contribution >= 0.6 is 0 Å². The third kappa shape index (κ3) is 2.85. The van der Waals surface area contributed by atoms with E-state index in [9.17, 15) is 15.0 Å². The van der Waals surface area contributed by atoms with E-state index in [1.807, 2.05) is 0 Å². The predicted octanol–water partition coefficient (Wildman–Crippen LogP) is 1.89. The van der Waals surface area contributed by atoms with Gasteiger partial charge in [0, 0.05) is 0 Å². The number of hydrogen-bond acceptors (Lipinski definition) is 5. The van der Waals surface area contributed by atoms with Crippen LogP contribution in [-0.2, 0) is 0 Å². The normalized spacial score (nSPS) is 12.1. The Morgan fingerprint density at radius 3 is 2.79 bits per heavy atom. The fourth-order valence-electron chi connectivity index (χ4n) is 1.61. The molecular weight excluding hydrogens is 248 g/mol. The summed E-state index contributed by atoms with van der Waals surface area (Å²) in [5.41, 5.74) is -0.00451. The SMILES string of the molecule is Cc1cnc(C(C)NC(=O)c2cc(O)ccc2O)o1. The maximum atomic E-state index is 12.0. The number of carbonyl (C=O) groups is 1. The molecule has 0 aliphatic heterocycles. The number of rotatable bonds is 3. The molecule has 1 aromatic carbocycles. The van der Waals surface area contributed by atoms with Crippen molar-refractivity contribution in [2.75, 3.05) is 0 Å². The number of nitrogens with one attached hydrogen (secondary N) is 1. The summed E-state index contributed by atoms with van der Waals surface area (Å²) in [7, 11) is 0. The number of aromatic nitrogens is 1. The number of aryl methyl sites for hydroxylation is 1. The van der Waals surface area contributed by atoms with Crippen molar-refractivity contribution in [1.29, 1.82) is 0 Å². The van der Waals surface area contributed by atoms with E-state index in [0.29, 0.717) is 11.7 Å². The van der Waals surface area contributed by atoms with E-state index in [2.05, 4.69) is 10.3 Å². The van der Waals surface area contributed by atoms with Crippen LogP contribution in [0.25, 0.3) is 0 Å². The Balaban J connectivity index is 2.15. The second kappa shape index (κ2) is 5.01. The molecule has 3 N–H and O–H groups in total. The molecule has 6 heteroatoms. The van der Waals surface area contributed by atoms with Crippen molar-refractivity contribution >= 4 is 5.91 Å². The molecule has 0 saturated heterocycles. The Hall–Kier alpha value is -2.50. The molecular formula is C13H14N2O4. The van der Waals surface area contributed by atoms with Gasteiger partial charge in [-0.2, -0.15) is 0 Å². The molecule has 2 aromatic rings. The summed E-state index contributed by atoms with van der Waals surface area (Å²) in [4.78, 5) is 16.0. The van der Waals surface area contributed by atoms with Crippen molar-refractivity contribution in [3.05, 3.63) is 41.6 Å². The smallest absolute Gasteiger partial charge is 0.255 e.